The molecule has 0 saturated heterocycles. The summed E-state index contributed by atoms with van der Waals surface area (Å²) in [7, 11) is -3.31. The molecule has 1 amide bonds. The molecule has 1 heterocycles. The Hall–Kier alpha value is -3.59. The standard InChI is InChI=1S/C30H41N7O4S/c1-29(2,3)41-28(38)35-25-21-11-20-12-22(25)15-30(13-20,14-21)18-34-26-23(16-31)17-33-27(36-26)32-10-9-19-5-7-24(8-6-19)37-42(4,39)40/h5-8,17,20-22,25,37H,9-15,18H2,1-4H3,(H,35,38)(H2,32,33,34,36)/t20?,21-,22+,25-,30-. The molecule has 4 fully saturated rings. The number of alkyl carbamates (subject to hydrolysis) is 1. The second-order valence-electron chi connectivity index (χ2n) is 13.3. The highest BCUT2D eigenvalue weighted by molar-refractivity contribution is 7.92. The fourth-order valence-electron chi connectivity index (χ4n) is 7.32. The molecule has 0 aliphatic heterocycles. The number of nitrogens with one attached hydrogen (secondary N) is 4. The van der Waals surface area contributed by atoms with Crippen LogP contribution in [0.1, 0.15) is 64.0 Å². The van der Waals surface area contributed by atoms with Gasteiger partial charge in [0, 0.05) is 24.8 Å². The number of hydrogen-bond acceptors (Lipinski definition) is 9. The first-order chi connectivity index (χ1) is 19.8. The number of carbonyl (C=O) groups is 1. The van der Waals surface area contributed by atoms with E-state index < -0.39 is 15.6 Å². The summed E-state index contributed by atoms with van der Waals surface area (Å²) in [4.78, 5) is 21.5. The van der Waals surface area contributed by atoms with Gasteiger partial charge in [-0.2, -0.15) is 10.2 Å². The Morgan fingerprint density at radius 1 is 1.12 bits per heavy atom. The fourth-order valence-corrected chi connectivity index (χ4v) is 7.88. The van der Waals surface area contributed by atoms with Crippen molar-refractivity contribution in [1.82, 2.24) is 15.3 Å². The summed E-state index contributed by atoms with van der Waals surface area (Å²) in [6.45, 7) is 6.96. The fraction of sp³-hybridized carbons (Fsp3) is 0.600. The normalized spacial score (nSPS) is 26.3. The quantitative estimate of drug-likeness (QED) is 0.310. The highest BCUT2D eigenvalue weighted by Crippen LogP contribution is 2.60. The first-order valence-electron chi connectivity index (χ1n) is 14.6. The van der Waals surface area contributed by atoms with Crippen molar-refractivity contribution >= 4 is 33.6 Å². The van der Waals surface area contributed by atoms with Gasteiger partial charge in [0.05, 0.1) is 12.5 Å². The number of nitrogens with zero attached hydrogens (tertiary/aromatic N) is 3. The first kappa shape index (κ1) is 29.9. The summed E-state index contributed by atoms with van der Waals surface area (Å²) < 4.78 is 30.8. The van der Waals surface area contributed by atoms with Gasteiger partial charge in [-0.05, 0) is 100 Å². The highest BCUT2D eigenvalue weighted by Gasteiger charge is 2.55. The van der Waals surface area contributed by atoms with Crippen LogP contribution in [0.3, 0.4) is 0 Å². The molecule has 1 aromatic heterocycles. The Labute approximate surface area is 248 Å². The minimum absolute atomic E-state index is 0.117. The van der Waals surface area contributed by atoms with Crippen molar-refractivity contribution in [3.05, 3.63) is 41.6 Å². The van der Waals surface area contributed by atoms with Gasteiger partial charge in [0.2, 0.25) is 16.0 Å². The Morgan fingerprint density at radius 2 is 1.81 bits per heavy atom. The van der Waals surface area contributed by atoms with Crippen molar-refractivity contribution in [1.29, 1.82) is 5.26 Å². The maximum absolute atomic E-state index is 12.5. The lowest BCUT2D eigenvalue weighted by molar-refractivity contribution is -0.0703. The Balaban J connectivity index is 1.17. The largest absolute Gasteiger partial charge is 0.444 e. The average molecular weight is 596 g/mol. The van der Waals surface area contributed by atoms with Gasteiger partial charge in [-0.3, -0.25) is 4.72 Å². The second-order valence-corrected chi connectivity index (χ2v) is 15.1. The van der Waals surface area contributed by atoms with Crippen molar-refractivity contribution in [2.24, 2.45) is 23.2 Å². The van der Waals surface area contributed by atoms with E-state index in [-0.39, 0.29) is 17.6 Å². The lowest BCUT2D eigenvalue weighted by Gasteiger charge is -2.60. The average Bonchev–Trinajstić information content (AvgIpc) is 2.88. The number of carbonyl (C=O) groups excluding carboxylic acids is 1. The number of rotatable bonds is 10. The molecule has 0 spiro atoms. The number of sulfonamides is 1. The van der Waals surface area contributed by atoms with Crippen LogP contribution in [0.4, 0.5) is 22.2 Å². The molecule has 1 unspecified atom stereocenters. The van der Waals surface area contributed by atoms with E-state index in [4.69, 9.17) is 4.74 Å². The Kier molecular flexibility index (Phi) is 8.25. The molecule has 4 saturated carbocycles. The number of anilines is 3. The van der Waals surface area contributed by atoms with Gasteiger partial charge >= 0.3 is 6.09 Å². The monoisotopic (exact) mass is 595 g/mol. The maximum atomic E-state index is 12.5. The number of amides is 1. The summed E-state index contributed by atoms with van der Waals surface area (Å²) in [6.07, 6.45) is 8.53. The lowest BCUT2D eigenvalue weighted by Crippen LogP contribution is -2.60. The highest BCUT2D eigenvalue weighted by atomic mass is 32.2. The summed E-state index contributed by atoms with van der Waals surface area (Å²) in [5, 5.41) is 19.6. The van der Waals surface area contributed by atoms with Gasteiger partial charge < -0.3 is 20.7 Å². The van der Waals surface area contributed by atoms with Crippen LogP contribution in [0.25, 0.3) is 0 Å². The van der Waals surface area contributed by atoms with Gasteiger partial charge in [0.25, 0.3) is 0 Å². The molecule has 4 N–H and O–H groups in total. The maximum Gasteiger partial charge on any atom is 0.407 e. The molecular formula is C30H41N7O4S. The molecule has 4 aliphatic rings. The molecule has 11 nitrogen and oxygen atoms in total. The molecule has 1 aromatic carbocycles. The van der Waals surface area contributed by atoms with Crippen molar-refractivity contribution in [3.63, 3.8) is 0 Å². The summed E-state index contributed by atoms with van der Waals surface area (Å²) >= 11 is 0. The minimum atomic E-state index is -3.31. The Bertz CT molecular complexity index is 1430. The van der Waals surface area contributed by atoms with E-state index in [1.165, 1.54) is 0 Å². The number of ether oxygens (including phenoxy) is 1. The topological polar surface area (TPSA) is 158 Å². The molecule has 5 atom stereocenters. The van der Waals surface area contributed by atoms with Crippen LogP contribution in [0.2, 0.25) is 0 Å². The Morgan fingerprint density at radius 3 is 2.43 bits per heavy atom. The predicted octanol–water partition coefficient (Wildman–Crippen LogP) is 4.51. The molecule has 4 bridgehead atoms. The van der Waals surface area contributed by atoms with Gasteiger partial charge in [-0.15, -0.1) is 0 Å². The van der Waals surface area contributed by atoms with Crippen LogP contribution < -0.4 is 20.7 Å². The summed E-state index contributed by atoms with van der Waals surface area (Å²) in [6, 6.07) is 9.58. The van der Waals surface area contributed by atoms with Gasteiger partial charge in [0.1, 0.15) is 23.1 Å². The van der Waals surface area contributed by atoms with Crippen LogP contribution in [-0.2, 0) is 21.2 Å². The van der Waals surface area contributed by atoms with Crippen molar-refractivity contribution < 1.29 is 17.9 Å². The van der Waals surface area contributed by atoms with E-state index in [1.54, 1.807) is 18.3 Å². The molecule has 6 rings (SSSR count). The van der Waals surface area contributed by atoms with Crippen LogP contribution in [0.15, 0.2) is 30.5 Å². The first-order valence-corrected chi connectivity index (χ1v) is 16.5. The van der Waals surface area contributed by atoms with E-state index >= 15 is 0 Å². The smallest absolute Gasteiger partial charge is 0.407 e. The molecule has 0 radical (unpaired) electrons. The predicted molar refractivity (Wildman–Crippen MR) is 161 cm³/mol. The van der Waals surface area contributed by atoms with Gasteiger partial charge in [0.15, 0.2) is 0 Å². The third-order valence-corrected chi connectivity index (χ3v) is 9.18. The SMILES string of the molecule is CC(C)(C)OC(=O)N[C@@H]1[C@@H]2CC3C[C@H]1C[C@@](CNc1nc(NCCc4ccc(NS(C)(=O)=O)cc4)ncc1C#N)(C3)C2. The van der Waals surface area contributed by atoms with E-state index in [0.29, 0.717) is 53.7 Å². The third-order valence-electron chi connectivity index (χ3n) is 8.58. The van der Waals surface area contributed by atoms with Crippen molar-refractivity contribution in [2.75, 3.05) is 34.7 Å². The van der Waals surface area contributed by atoms with Gasteiger partial charge in [-0.25, -0.2) is 18.2 Å². The molecule has 226 valence electrons. The molecule has 12 heteroatoms. The number of benzene rings is 1. The second kappa shape index (κ2) is 11.6. The van der Waals surface area contributed by atoms with Crippen LogP contribution >= 0.6 is 0 Å². The van der Waals surface area contributed by atoms with Crippen LogP contribution in [0.5, 0.6) is 0 Å². The van der Waals surface area contributed by atoms with Crippen LogP contribution in [0, 0.1) is 34.5 Å². The van der Waals surface area contributed by atoms with E-state index in [0.717, 1.165) is 50.5 Å². The van der Waals surface area contributed by atoms with E-state index in [9.17, 15) is 18.5 Å². The molecule has 42 heavy (non-hydrogen) atoms. The zero-order chi connectivity index (χ0) is 30.1. The number of hydrogen-bond donors (Lipinski definition) is 4. The summed E-state index contributed by atoms with van der Waals surface area (Å²) in [5.41, 5.74) is 1.56. The minimum Gasteiger partial charge on any atom is -0.444 e. The molecule has 2 aromatic rings. The van der Waals surface area contributed by atoms with E-state index in [2.05, 4.69) is 36.7 Å². The van der Waals surface area contributed by atoms with Crippen molar-refractivity contribution in [3.8, 4) is 6.07 Å². The lowest BCUT2D eigenvalue weighted by atomic mass is 9.48. The zero-order valence-electron chi connectivity index (χ0n) is 24.7. The van der Waals surface area contributed by atoms with Gasteiger partial charge in [-0.1, -0.05) is 12.1 Å². The number of aromatic nitrogens is 2. The number of nitriles is 1. The zero-order valence-corrected chi connectivity index (χ0v) is 25.6. The van der Waals surface area contributed by atoms with Crippen molar-refractivity contribution in [2.45, 2.75) is 70.9 Å². The molecule has 4 aliphatic carbocycles. The van der Waals surface area contributed by atoms with E-state index in [1.807, 2.05) is 32.9 Å². The van der Waals surface area contributed by atoms with Crippen LogP contribution in [-0.4, -0.2) is 55.5 Å². The molecular weight excluding hydrogens is 554 g/mol. The third kappa shape index (κ3) is 7.43. The summed E-state index contributed by atoms with van der Waals surface area (Å²) in [5.74, 6) is 2.50.